The van der Waals surface area contributed by atoms with Crippen molar-refractivity contribution in [2.75, 3.05) is 0 Å². The molecular formula is C12H22. The van der Waals surface area contributed by atoms with Gasteiger partial charge in [-0.25, -0.2) is 0 Å². The minimum Gasteiger partial charge on any atom is -0.0602 e. The number of hydrogen-bond donors (Lipinski definition) is 0. The van der Waals surface area contributed by atoms with Crippen LogP contribution in [0.15, 0.2) is 0 Å². The Morgan fingerprint density at radius 2 is 1.75 bits per heavy atom. The molecule has 0 aliphatic heterocycles. The molecule has 2 fully saturated rings. The van der Waals surface area contributed by atoms with E-state index in [2.05, 4.69) is 20.8 Å². The van der Waals surface area contributed by atoms with Crippen molar-refractivity contribution in [3.63, 3.8) is 0 Å². The summed E-state index contributed by atoms with van der Waals surface area (Å²) in [6.07, 6.45) is 9.15. The van der Waals surface area contributed by atoms with Gasteiger partial charge in [-0.3, -0.25) is 0 Å². The molecule has 1 unspecified atom stereocenters. The first-order valence-electron chi connectivity index (χ1n) is 5.52. The second-order valence-electron chi connectivity index (χ2n) is 6.24. The minimum atomic E-state index is 0.566. The molecule has 0 aromatic carbocycles. The fourth-order valence-corrected chi connectivity index (χ4v) is 3.15. The van der Waals surface area contributed by atoms with E-state index in [9.17, 15) is 0 Å². The Kier molecular flexibility index (Phi) is 1.79. The molecule has 0 N–H and O–H groups in total. The number of hydrogen-bond acceptors (Lipinski definition) is 0. The maximum absolute atomic E-state index is 2.38. The van der Waals surface area contributed by atoms with Crippen LogP contribution in [0.3, 0.4) is 0 Å². The average Bonchev–Trinajstić information content (AvgIpc) is 2.42. The van der Waals surface area contributed by atoms with E-state index in [0.717, 1.165) is 11.3 Å². The van der Waals surface area contributed by atoms with E-state index in [4.69, 9.17) is 0 Å². The van der Waals surface area contributed by atoms with Crippen molar-refractivity contribution in [3.05, 3.63) is 0 Å². The molecule has 0 heteroatoms. The van der Waals surface area contributed by atoms with Crippen molar-refractivity contribution in [1.82, 2.24) is 0 Å². The van der Waals surface area contributed by atoms with E-state index >= 15 is 0 Å². The van der Waals surface area contributed by atoms with Gasteiger partial charge >= 0.3 is 0 Å². The molecule has 2 rings (SSSR count). The summed E-state index contributed by atoms with van der Waals surface area (Å²) < 4.78 is 0. The maximum Gasteiger partial charge on any atom is -0.0266 e. The third kappa shape index (κ3) is 1.53. The fourth-order valence-electron chi connectivity index (χ4n) is 3.15. The molecule has 1 spiro atoms. The molecule has 0 aromatic rings. The molecule has 0 aromatic heterocycles. The Bertz CT molecular complexity index is 167. The van der Waals surface area contributed by atoms with Gasteiger partial charge in [-0.1, -0.05) is 33.6 Å². The third-order valence-corrected chi connectivity index (χ3v) is 3.82. The van der Waals surface area contributed by atoms with Crippen molar-refractivity contribution in [1.29, 1.82) is 0 Å². The fraction of sp³-hybridized carbons (Fsp3) is 1.00. The van der Waals surface area contributed by atoms with Gasteiger partial charge in [0.05, 0.1) is 0 Å². The topological polar surface area (TPSA) is 0 Å². The highest BCUT2D eigenvalue weighted by atomic mass is 14.6. The minimum absolute atomic E-state index is 0.566. The standard InChI is InChI=1S/C12H22/c1-11(2,3)8-10-9-12(10)6-4-5-7-12/h10H,4-9H2,1-3H3. The van der Waals surface area contributed by atoms with Crippen LogP contribution in [0.25, 0.3) is 0 Å². The summed E-state index contributed by atoms with van der Waals surface area (Å²) in [5, 5.41) is 0. The lowest BCUT2D eigenvalue weighted by atomic mass is 9.86. The Morgan fingerprint density at radius 1 is 1.17 bits per heavy atom. The van der Waals surface area contributed by atoms with Crippen LogP contribution >= 0.6 is 0 Å². The summed E-state index contributed by atoms with van der Waals surface area (Å²) in [5.74, 6) is 1.10. The van der Waals surface area contributed by atoms with E-state index < -0.39 is 0 Å². The van der Waals surface area contributed by atoms with Gasteiger partial charge in [0, 0.05) is 0 Å². The highest BCUT2D eigenvalue weighted by Crippen LogP contribution is 2.65. The SMILES string of the molecule is CC(C)(C)CC1CC12CCCC2. The summed E-state index contributed by atoms with van der Waals surface area (Å²) in [6, 6.07) is 0. The van der Waals surface area contributed by atoms with Crippen LogP contribution in [0.4, 0.5) is 0 Å². The third-order valence-electron chi connectivity index (χ3n) is 3.82. The molecule has 0 saturated heterocycles. The Morgan fingerprint density at radius 3 is 2.25 bits per heavy atom. The van der Waals surface area contributed by atoms with Crippen molar-refractivity contribution in [2.45, 2.75) is 59.3 Å². The van der Waals surface area contributed by atoms with E-state index in [-0.39, 0.29) is 0 Å². The van der Waals surface area contributed by atoms with E-state index in [0.29, 0.717) is 5.41 Å². The molecule has 0 bridgehead atoms. The van der Waals surface area contributed by atoms with Gasteiger partial charge in [0.1, 0.15) is 0 Å². The van der Waals surface area contributed by atoms with Crippen molar-refractivity contribution < 1.29 is 0 Å². The van der Waals surface area contributed by atoms with E-state index in [1.54, 1.807) is 19.3 Å². The van der Waals surface area contributed by atoms with Gasteiger partial charge in [-0.05, 0) is 42.4 Å². The number of rotatable bonds is 1. The molecule has 12 heavy (non-hydrogen) atoms. The average molecular weight is 166 g/mol. The zero-order valence-corrected chi connectivity index (χ0v) is 8.82. The van der Waals surface area contributed by atoms with Crippen LogP contribution in [0, 0.1) is 16.7 Å². The predicted octanol–water partition coefficient (Wildman–Crippen LogP) is 4.00. The lowest BCUT2D eigenvalue weighted by Crippen LogP contribution is -2.09. The van der Waals surface area contributed by atoms with E-state index in [1.807, 2.05) is 0 Å². The van der Waals surface area contributed by atoms with Gasteiger partial charge in [-0.2, -0.15) is 0 Å². The highest BCUT2D eigenvalue weighted by Gasteiger charge is 2.55. The maximum atomic E-state index is 2.38. The smallest absolute Gasteiger partial charge is 0.0266 e. The summed E-state index contributed by atoms with van der Waals surface area (Å²) in [4.78, 5) is 0. The predicted molar refractivity (Wildman–Crippen MR) is 53.1 cm³/mol. The largest absolute Gasteiger partial charge is 0.0602 e. The Balaban J connectivity index is 1.87. The van der Waals surface area contributed by atoms with Crippen LogP contribution in [0.5, 0.6) is 0 Å². The zero-order valence-electron chi connectivity index (χ0n) is 8.82. The molecule has 2 aliphatic carbocycles. The Labute approximate surface area is 76.7 Å². The molecule has 2 aliphatic rings. The normalized spacial score (nSPS) is 32.8. The zero-order chi connectivity index (χ0) is 8.82. The van der Waals surface area contributed by atoms with Gasteiger partial charge < -0.3 is 0 Å². The quantitative estimate of drug-likeness (QED) is 0.552. The summed E-state index contributed by atoms with van der Waals surface area (Å²) in [5.41, 5.74) is 1.43. The van der Waals surface area contributed by atoms with Crippen LogP contribution in [0.1, 0.15) is 59.3 Å². The molecule has 70 valence electrons. The van der Waals surface area contributed by atoms with Gasteiger partial charge in [0.15, 0.2) is 0 Å². The van der Waals surface area contributed by atoms with Crippen molar-refractivity contribution in [2.24, 2.45) is 16.7 Å². The van der Waals surface area contributed by atoms with Crippen LogP contribution < -0.4 is 0 Å². The first kappa shape index (κ1) is 8.59. The lowest BCUT2D eigenvalue weighted by Gasteiger charge is -2.19. The van der Waals surface area contributed by atoms with Crippen LogP contribution in [-0.4, -0.2) is 0 Å². The van der Waals surface area contributed by atoms with E-state index in [1.165, 1.54) is 19.3 Å². The highest BCUT2D eigenvalue weighted by molar-refractivity contribution is 5.05. The molecule has 0 nitrogen and oxygen atoms in total. The molecular weight excluding hydrogens is 144 g/mol. The van der Waals surface area contributed by atoms with Crippen molar-refractivity contribution >= 4 is 0 Å². The summed E-state index contributed by atoms with van der Waals surface area (Å²) in [6.45, 7) is 7.15. The molecule has 1 atom stereocenters. The Hall–Kier alpha value is 0. The van der Waals surface area contributed by atoms with Gasteiger partial charge in [-0.15, -0.1) is 0 Å². The summed E-state index contributed by atoms with van der Waals surface area (Å²) in [7, 11) is 0. The monoisotopic (exact) mass is 166 g/mol. The molecule has 2 saturated carbocycles. The van der Waals surface area contributed by atoms with Gasteiger partial charge in [0.2, 0.25) is 0 Å². The first-order chi connectivity index (χ1) is 5.52. The lowest BCUT2D eigenvalue weighted by molar-refractivity contribution is 0.315. The van der Waals surface area contributed by atoms with Crippen LogP contribution in [-0.2, 0) is 0 Å². The molecule has 0 heterocycles. The second kappa shape index (κ2) is 2.49. The molecule has 0 amide bonds. The first-order valence-corrected chi connectivity index (χ1v) is 5.52. The molecule has 0 radical (unpaired) electrons. The summed E-state index contributed by atoms with van der Waals surface area (Å²) >= 11 is 0. The second-order valence-corrected chi connectivity index (χ2v) is 6.24. The van der Waals surface area contributed by atoms with Gasteiger partial charge in [0.25, 0.3) is 0 Å². The van der Waals surface area contributed by atoms with Crippen LogP contribution in [0.2, 0.25) is 0 Å². The van der Waals surface area contributed by atoms with Crippen molar-refractivity contribution in [3.8, 4) is 0 Å².